The van der Waals surface area contributed by atoms with E-state index in [4.69, 9.17) is 9.31 Å². The fourth-order valence-electron chi connectivity index (χ4n) is 7.16. The third-order valence-corrected chi connectivity index (χ3v) is 9.57. The highest BCUT2D eigenvalue weighted by Crippen LogP contribution is 2.67. The molecule has 1 aromatic carbocycles. The zero-order chi connectivity index (χ0) is 25.5. The average molecular weight is 489 g/mol. The first kappa shape index (κ1) is 23.8. The van der Waals surface area contributed by atoms with Crippen molar-refractivity contribution in [2.75, 3.05) is 0 Å². The fraction of sp³-hybridized carbons (Fsp3) is 0.571. The predicted octanol–water partition coefficient (Wildman–Crippen LogP) is 4.83. The molecule has 2 aromatic rings. The SMILES string of the molecule is C/C=C1\C2C=CC(n3c(=O)n(-c4ccccc4)c(=O)n32)C1(B1OC(C)(C)C(C)(C)O1)C1CCCCC1. The average Bonchev–Trinajstić information content (AvgIpc) is 3.27. The molecule has 0 amide bonds. The molecular formula is C28H36BN3O4. The Balaban J connectivity index is 1.62. The van der Waals surface area contributed by atoms with Gasteiger partial charge in [0.05, 0.1) is 34.3 Å². The van der Waals surface area contributed by atoms with E-state index >= 15 is 0 Å². The highest BCUT2D eigenvalue weighted by molar-refractivity contribution is 6.51. The van der Waals surface area contributed by atoms with E-state index in [2.05, 4.69) is 45.9 Å². The van der Waals surface area contributed by atoms with Crippen LogP contribution in [-0.4, -0.2) is 32.3 Å². The zero-order valence-corrected chi connectivity index (χ0v) is 21.9. The van der Waals surface area contributed by atoms with Gasteiger partial charge in [-0.3, -0.25) is 0 Å². The van der Waals surface area contributed by atoms with Crippen LogP contribution in [0.4, 0.5) is 0 Å². The summed E-state index contributed by atoms with van der Waals surface area (Å²) in [5.74, 6) is 0.278. The number of para-hydroxylation sites is 1. The van der Waals surface area contributed by atoms with Gasteiger partial charge in [0.15, 0.2) is 0 Å². The second kappa shape index (κ2) is 7.96. The van der Waals surface area contributed by atoms with Crippen LogP contribution in [0, 0.1) is 5.92 Å². The van der Waals surface area contributed by atoms with E-state index in [1.165, 1.54) is 11.0 Å². The molecule has 5 aliphatic rings. The number of hydrogen-bond donors (Lipinski definition) is 0. The van der Waals surface area contributed by atoms with E-state index in [1.54, 1.807) is 9.36 Å². The van der Waals surface area contributed by atoms with Crippen molar-refractivity contribution in [1.29, 1.82) is 0 Å². The van der Waals surface area contributed by atoms with Gasteiger partial charge in [-0.25, -0.2) is 23.5 Å². The lowest BCUT2D eigenvalue weighted by atomic mass is 9.40. The summed E-state index contributed by atoms with van der Waals surface area (Å²) in [5, 5.41) is -0.571. The Hall–Kier alpha value is -2.58. The molecule has 0 N–H and O–H groups in total. The van der Waals surface area contributed by atoms with Crippen LogP contribution in [0.5, 0.6) is 0 Å². The summed E-state index contributed by atoms with van der Waals surface area (Å²) < 4.78 is 18.3. The van der Waals surface area contributed by atoms with Crippen molar-refractivity contribution in [2.45, 2.75) is 95.3 Å². The summed E-state index contributed by atoms with van der Waals surface area (Å²) >= 11 is 0. The van der Waals surface area contributed by atoms with Crippen molar-refractivity contribution < 1.29 is 9.31 Å². The maximum Gasteiger partial charge on any atom is 0.471 e. The second-order valence-corrected chi connectivity index (χ2v) is 11.8. The predicted molar refractivity (Wildman–Crippen MR) is 141 cm³/mol. The van der Waals surface area contributed by atoms with Gasteiger partial charge in [-0.1, -0.05) is 55.7 Å². The Labute approximate surface area is 212 Å². The molecular weight excluding hydrogens is 453 g/mol. The summed E-state index contributed by atoms with van der Waals surface area (Å²) in [6, 6.07) is 8.47. The minimum Gasteiger partial charge on any atom is -0.403 e. The van der Waals surface area contributed by atoms with Crippen LogP contribution < -0.4 is 11.4 Å². The van der Waals surface area contributed by atoms with Gasteiger partial charge >= 0.3 is 18.5 Å². The van der Waals surface area contributed by atoms with Gasteiger partial charge in [0.2, 0.25) is 0 Å². The topological polar surface area (TPSA) is 67.4 Å². The molecule has 7 rings (SSSR count). The van der Waals surface area contributed by atoms with Gasteiger partial charge in [-0.15, -0.1) is 0 Å². The van der Waals surface area contributed by atoms with E-state index in [-0.39, 0.29) is 29.4 Å². The van der Waals surface area contributed by atoms with Crippen LogP contribution >= 0.6 is 0 Å². The first-order valence-electron chi connectivity index (χ1n) is 13.4. The molecule has 4 heterocycles. The van der Waals surface area contributed by atoms with Crippen LogP contribution in [0.1, 0.15) is 78.8 Å². The van der Waals surface area contributed by atoms with Crippen LogP contribution in [0.15, 0.2) is 63.7 Å². The van der Waals surface area contributed by atoms with Gasteiger partial charge < -0.3 is 9.31 Å². The Morgan fingerprint density at radius 1 is 0.889 bits per heavy atom. The standard InChI is InChI=1S/C28H36BN3O4/c1-6-21-22-17-18-23(32-25(34)30(24(33)31(22)32)20-15-11-8-12-16-20)28(21,19-13-9-7-10-14-19)29-35-26(2,3)27(4,5)36-29/h6,8,11-12,15-19,22-23H,7,9-10,13-14H2,1-5H3/b21-6+. The Morgan fingerprint density at radius 2 is 1.50 bits per heavy atom. The Morgan fingerprint density at radius 3 is 2.11 bits per heavy atom. The molecule has 1 saturated heterocycles. The van der Waals surface area contributed by atoms with Crippen molar-refractivity contribution >= 4 is 7.12 Å². The van der Waals surface area contributed by atoms with E-state index in [0.29, 0.717) is 5.69 Å². The van der Waals surface area contributed by atoms with E-state index in [0.717, 1.165) is 31.3 Å². The van der Waals surface area contributed by atoms with Crippen molar-refractivity contribution in [2.24, 2.45) is 5.92 Å². The van der Waals surface area contributed by atoms with Gasteiger partial charge in [0, 0.05) is 0 Å². The van der Waals surface area contributed by atoms with E-state index in [9.17, 15) is 9.59 Å². The van der Waals surface area contributed by atoms with Crippen LogP contribution in [0.3, 0.4) is 0 Å². The lowest BCUT2D eigenvalue weighted by Gasteiger charge is -2.56. The molecule has 7 nitrogen and oxygen atoms in total. The number of hydrogen-bond acceptors (Lipinski definition) is 4. The number of fused-ring (bicyclic) bond motifs is 1. The number of nitrogens with zero attached hydrogens (tertiary/aromatic N) is 3. The quantitative estimate of drug-likeness (QED) is 0.458. The molecule has 3 aliphatic heterocycles. The number of aromatic nitrogens is 3. The molecule has 2 aliphatic carbocycles. The Bertz CT molecular complexity index is 1340. The molecule has 2 fully saturated rings. The fourth-order valence-corrected chi connectivity index (χ4v) is 7.16. The highest BCUT2D eigenvalue weighted by atomic mass is 16.7. The number of allylic oxidation sites excluding steroid dienone is 4. The third kappa shape index (κ3) is 2.94. The largest absolute Gasteiger partial charge is 0.471 e. The summed E-state index contributed by atoms with van der Waals surface area (Å²) in [5.41, 5.74) is 0.0988. The molecule has 1 aromatic heterocycles. The molecule has 190 valence electrons. The normalized spacial score (nSPS) is 31.8. The van der Waals surface area contributed by atoms with Crippen molar-refractivity contribution in [3.05, 3.63) is 75.1 Å². The molecule has 0 spiro atoms. The lowest BCUT2D eigenvalue weighted by molar-refractivity contribution is 0.00578. The molecule has 0 radical (unpaired) electrons. The van der Waals surface area contributed by atoms with Crippen molar-refractivity contribution in [3.63, 3.8) is 0 Å². The maximum atomic E-state index is 14.0. The molecule has 3 unspecified atom stereocenters. The molecule has 1 saturated carbocycles. The minimum atomic E-state index is -0.571. The van der Waals surface area contributed by atoms with Crippen LogP contribution in [0.2, 0.25) is 5.31 Å². The number of rotatable bonds is 3. The zero-order valence-electron chi connectivity index (χ0n) is 21.9. The van der Waals surface area contributed by atoms with Gasteiger partial charge in [-0.05, 0) is 71.1 Å². The first-order valence-corrected chi connectivity index (χ1v) is 13.4. The molecule has 2 bridgehead atoms. The van der Waals surface area contributed by atoms with E-state index < -0.39 is 23.6 Å². The highest BCUT2D eigenvalue weighted by Gasteiger charge is 2.69. The Kier molecular flexibility index (Phi) is 5.26. The smallest absolute Gasteiger partial charge is 0.403 e. The molecule has 3 atom stereocenters. The second-order valence-electron chi connectivity index (χ2n) is 11.8. The van der Waals surface area contributed by atoms with Crippen LogP contribution in [0.25, 0.3) is 5.69 Å². The van der Waals surface area contributed by atoms with E-state index in [1.807, 2.05) is 37.3 Å². The van der Waals surface area contributed by atoms with Gasteiger partial charge in [0.25, 0.3) is 0 Å². The summed E-state index contributed by atoms with van der Waals surface area (Å²) in [4.78, 5) is 27.8. The third-order valence-electron chi connectivity index (χ3n) is 9.57. The molecule has 8 heteroatoms. The summed E-state index contributed by atoms with van der Waals surface area (Å²) in [7, 11) is -0.523. The van der Waals surface area contributed by atoms with Gasteiger partial charge in [-0.2, -0.15) is 0 Å². The number of benzene rings is 1. The minimum absolute atomic E-state index is 0.278. The van der Waals surface area contributed by atoms with Crippen LogP contribution in [-0.2, 0) is 9.31 Å². The maximum absolute atomic E-state index is 14.0. The summed E-state index contributed by atoms with van der Waals surface area (Å²) in [6.45, 7) is 10.4. The van der Waals surface area contributed by atoms with Gasteiger partial charge in [0.1, 0.15) is 0 Å². The monoisotopic (exact) mass is 489 g/mol. The van der Waals surface area contributed by atoms with Crippen molar-refractivity contribution in [3.8, 4) is 5.69 Å². The summed E-state index contributed by atoms with van der Waals surface area (Å²) in [6.07, 6.45) is 12.0. The first-order chi connectivity index (χ1) is 17.1. The lowest BCUT2D eigenvalue weighted by Crippen LogP contribution is -2.57. The molecule has 36 heavy (non-hydrogen) atoms. The van der Waals surface area contributed by atoms with Crippen molar-refractivity contribution in [1.82, 2.24) is 13.9 Å².